The number of aliphatic hydroxyl groups is 1. The highest BCUT2D eigenvalue weighted by molar-refractivity contribution is 5.85. The van der Waals surface area contributed by atoms with Crippen LogP contribution in [-0.2, 0) is 20.6 Å². The van der Waals surface area contributed by atoms with Gasteiger partial charge in [0.1, 0.15) is 30.4 Å². The molecule has 3 aliphatic rings. The van der Waals surface area contributed by atoms with Gasteiger partial charge in [0, 0.05) is 42.5 Å². The van der Waals surface area contributed by atoms with Crippen molar-refractivity contribution in [2.45, 2.75) is 44.5 Å². The molecule has 2 atom stereocenters. The van der Waals surface area contributed by atoms with E-state index in [9.17, 15) is 10.4 Å². The normalized spacial score (nSPS) is 19.4. The molecular formula is C28H33N8O2+. The van der Waals surface area contributed by atoms with Crippen LogP contribution < -0.4 is 14.2 Å². The molecule has 7 heterocycles. The molecule has 10 heteroatoms. The molecule has 0 radical (unpaired) electrons. The van der Waals surface area contributed by atoms with Crippen LogP contribution in [0.3, 0.4) is 0 Å². The van der Waals surface area contributed by atoms with Crippen LogP contribution in [0.5, 0.6) is 5.75 Å². The predicted molar refractivity (Wildman–Crippen MR) is 141 cm³/mol. The SMILES string of the molecule is Cn1c[n+](C)cc1CN1C2CC1CN(c1ccc(-c3cc(OCC(C)(C)O)cn4ncc(C#N)c34)cn1)C2. The Morgan fingerprint density at radius 3 is 2.66 bits per heavy atom. The second kappa shape index (κ2) is 9.11. The number of imidazole rings is 1. The summed E-state index contributed by atoms with van der Waals surface area (Å²) in [5.41, 5.74) is 3.25. The Hall–Kier alpha value is -3.94. The van der Waals surface area contributed by atoms with Crippen molar-refractivity contribution in [3.05, 3.63) is 60.6 Å². The standard InChI is InChI=1S/C28H33N8O2/c1-28(2,37)17-38-24-8-25(27-20(9-29)11-31-36(27)16-24)19-5-6-26(30-10-19)34-13-21-7-22(14-34)35(21)15-23-12-32(3)18-33(23)4/h5-6,8,10-12,16,18,21-22,37H,7,13-15,17H2,1-4H3/q+1. The van der Waals surface area contributed by atoms with E-state index in [0.717, 1.165) is 36.6 Å². The third-order valence-electron chi connectivity index (χ3n) is 7.53. The van der Waals surface area contributed by atoms with Gasteiger partial charge < -0.3 is 14.7 Å². The molecule has 10 nitrogen and oxygen atoms in total. The Labute approximate surface area is 221 Å². The van der Waals surface area contributed by atoms with Crippen LogP contribution in [0.15, 0.2) is 49.3 Å². The van der Waals surface area contributed by atoms with Gasteiger partial charge in [-0.25, -0.2) is 18.6 Å². The summed E-state index contributed by atoms with van der Waals surface area (Å²) in [6, 6.07) is 9.30. The minimum absolute atomic E-state index is 0.137. The molecule has 1 N–H and O–H groups in total. The molecule has 4 aromatic heterocycles. The number of piperidine rings is 1. The average Bonchev–Trinajstić information content (AvgIpc) is 3.46. The van der Waals surface area contributed by atoms with E-state index >= 15 is 0 Å². The van der Waals surface area contributed by atoms with E-state index in [2.05, 4.69) is 62.8 Å². The molecule has 196 valence electrons. The van der Waals surface area contributed by atoms with Gasteiger partial charge in [0.15, 0.2) is 5.69 Å². The zero-order valence-electron chi connectivity index (χ0n) is 22.2. The van der Waals surface area contributed by atoms with E-state index in [1.165, 1.54) is 12.1 Å². The van der Waals surface area contributed by atoms with Crippen LogP contribution in [0.2, 0.25) is 0 Å². The lowest BCUT2D eigenvalue weighted by molar-refractivity contribution is -0.671. The number of fused-ring (bicyclic) bond motifs is 3. The quantitative estimate of drug-likeness (QED) is 0.378. The molecule has 0 aromatic carbocycles. The number of hydrogen-bond acceptors (Lipinski definition) is 7. The summed E-state index contributed by atoms with van der Waals surface area (Å²) in [5.74, 6) is 1.53. The third-order valence-corrected chi connectivity index (χ3v) is 7.53. The highest BCUT2D eigenvalue weighted by atomic mass is 16.5. The number of rotatable bonds is 7. The molecule has 3 fully saturated rings. The predicted octanol–water partition coefficient (Wildman–Crippen LogP) is 2.04. The van der Waals surface area contributed by atoms with E-state index in [4.69, 9.17) is 9.72 Å². The van der Waals surface area contributed by atoms with Crippen molar-refractivity contribution >= 4 is 11.3 Å². The highest BCUT2D eigenvalue weighted by Gasteiger charge is 2.45. The maximum absolute atomic E-state index is 10.1. The number of hydrogen-bond donors (Lipinski definition) is 1. The zero-order valence-corrected chi connectivity index (χ0v) is 22.2. The van der Waals surface area contributed by atoms with E-state index in [1.54, 1.807) is 30.8 Å². The van der Waals surface area contributed by atoms with Crippen molar-refractivity contribution in [2.75, 3.05) is 24.6 Å². The second-order valence-electron chi connectivity index (χ2n) is 11.2. The van der Waals surface area contributed by atoms with Gasteiger partial charge >= 0.3 is 0 Å². The molecule has 2 bridgehead atoms. The number of nitriles is 1. The van der Waals surface area contributed by atoms with Gasteiger partial charge in [0.25, 0.3) is 0 Å². The van der Waals surface area contributed by atoms with Crippen LogP contribution in [-0.4, -0.2) is 66.6 Å². The minimum Gasteiger partial charge on any atom is -0.489 e. The lowest BCUT2D eigenvalue weighted by Gasteiger charge is -2.56. The summed E-state index contributed by atoms with van der Waals surface area (Å²) in [7, 11) is 4.17. The fourth-order valence-electron chi connectivity index (χ4n) is 5.65. The second-order valence-corrected chi connectivity index (χ2v) is 11.2. The van der Waals surface area contributed by atoms with Gasteiger partial charge in [-0.3, -0.25) is 4.90 Å². The van der Waals surface area contributed by atoms with Crippen molar-refractivity contribution < 1.29 is 14.4 Å². The molecule has 0 amide bonds. The van der Waals surface area contributed by atoms with Crippen LogP contribution in [0.1, 0.15) is 31.5 Å². The van der Waals surface area contributed by atoms with Crippen molar-refractivity contribution in [1.29, 1.82) is 5.26 Å². The first-order valence-corrected chi connectivity index (χ1v) is 12.9. The van der Waals surface area contributed by atoms with Crippen molar-refractivity contribution in [1.82, 2.24) is 24.1 Å². The van der Waals surface area contributed by atoms with Gasteiger partial charge in [-0.05, 0) is 38.5 Å². The van der Waals surface area contributed by atoms with Crippen molar-refractivity contribution in [3.8, 4) is 22.9 Å². The summed E-state index contributed by atoms with van der Waals surface area (Å²) in [5, 5.41) is 24.1. The smallest absolute Gasteiger partial charge is 0.243 e. The Kier molecular flexibility index (Phi) is 5.85. The Morgan fingerprint density at radius 2 is 2.03 bits per heavy atom. The van der Waals surface area contributed by atoms with E-state index in [1.807, 2.05) is 18.3 Å². The monoisotopic (exact) mass is 513 g/mol. The van der Waals surface area contributed by atoms with E-state index in [0.29, 0.717) is 28.9 Å². The number of pyridine rings is 2. The number of ether oxygens (including phenoxy) is 1. The van der Waals surface area contributed by atoms with Gasteiger partial charge in [0.2, 0.25) is 6.33 Å². The number of piperazine rings is 1. The molecule has 0 saturated carbocycles. The summed E-state index contributed by atoms with van der Waals surface area (Å²) < 4.78 is 11.8. The van der Waals surface area contributed by atoms with Gasteiger partial charge in [-0.15, -0.1) is 0 Å². The fraction of sp³-hybridized carbons (Fsp3) is 0.429. The molecule has 3 saturated heterocycles. The average molecular weight is 514 g/mol. The highest BCUT2D eigenvalue weighted by Crippen LogP contribution is 2.36. The summed E-state index contributed by atoms with van der Waals surface area (Å²) in [6.07, 6.45) is 10.7. The van der Waals surface area contributed by atoms with Crippen molar-refractivity contribution in [2.24, 2.45) is 14.1 Å². The van der Waals surface area contributed by atoms with Crippen LogP contribution >= 0.6 is 0 Å². The Morgan fingerprint density at radius 1 is 1.24 bits per heavy atom. The number of anilines is 1. The molecular weight excluding hydrogens is 480 g/mol. The molecule has 7 rings (SSSR count). The lowest BCUT2D eigenvalue weighted by atomic mass is 9.87. The molecule has 38 heavy (non-hydrogen) atoms. The van der Waals surface area contributed by atoms with Crippen molar-refractivity contribution in [3.63, 3.8) is 0 Å². The molecule has 0 aliphatic carbocycles. The maximum Gasteiger partial charge on any atom is 0.243 e. The summed E-state index contributed by atoms with van der Waals surface area (Å²) >= 11 is 0. The number of nitrogens with zero attached hydrogens (tertiary/aromatic N) is 8. The summed E-state index contributed by atoms with van der Waals surface area (Å²) in [6.45, 7) is 6.43. The van der Waals surface area contributed by atoms with Crippen LogP contribution in [0.4, 0.5) is 5.82 Å². The topological polar surface area (TPSA) is 98.7 Å². The zero-order chi connectivity index (χ0) is 26.6. The largest absolute Gasteiger partial charge is 0.489 e. The number of aryl methyl sites for hydroxylation is 2. The van der Waals surface area contributed by atoms with E-state index < -0.39 is 5.60 Å². The molecule has 2 unspecified atom stereocenters. The first-order valence-electron chi connectivity index (χ1n) is 12.9. The maximum atomic E-state index is 10.1. The fourth-order valence-corrected chi connectivity index (χ4v) is 5.65. The first-order chi connectivity index (χ1) is 18.2. The van der Waals surface area contributed by atoms with Gasteiger partial charge in [-0.1, -0.05) is 0 Å². The van der Waals surface area contributed by atoms with Crippen LogP contribution in [0.25, 0.3) is 16.6 Å². The van der Waals surface area contributed by atoms with E-state index in [-0.39, 0.29) is 6.61 Å². The lowest BCUT2D eigenvalue weighted by Crippen LogP contribution is -2.68. The number of aromatic nitrogens is 5. The third kappa shape index (κ3) is 4.48. The Bertz CT molecular complexity index is 1510. The van der Waals surface area contributed by atoms with Gasteiger partial charge in [0.05, 0.1) is 49.7 Å². The first kappa shape index (κ1) is 24.4. The van der Waals surface area contributed by atoms with Gasteiger partial charge in [-0.2, -0.15) is 10.4 Å². The molecule has 4 aromatic rings. The minimum atomic E-state index is -0.969. The molecule has 3 aliphatic heterocycles. The Balaban J connectivity index is 1.22. The molecule has 0 spiro atoms. The van der Waals surface area contributed by atoms with Crippen LogP contribution in [0, 0.1) is 11.3 Å². The summed E-state index contributed by atoms with van der Waals surface area (Å²) in [4.78, 5) is 9.82.